The van der Waals surface area contributed by atoms with Gasteiger partial charge in [0.05, 0.1) is 12.2 Å². The van der Waals surface area contributed by atoms with Crippen molar-refractivity contribution in [3.63, 3.8) is 0 Å². The van der Waals surface area contributed by atoms with E-state index < -0.39 is 0 Å². The Labute approximate surface area is 99.4 Å². The Morgan fingerprint density at radius 3 is 2.19 bits per heavy atom. The molecule has 0 aliphatic heterocycles. The van der Waals surface area contributed by atoms with Gasteiger partial charge in [0.25, 0.3) is 0 Å². The third-order valence-electron chi connectivity index (χ3n) is 4.19. The Bertz CT molecular complexity index is 187. The second-order valence-electron chi connectivity index (χ2n) is 5.58. The summed E-state index contributed by atoms with van der Waals surface area (Å²) in [6, 6.07) is 0. The van der Waals surface area contributed by atoms with Crippen LogP contribution in [0.25, 0.3) is 0 Å². The number of hydrogen-bond donors (Lipinski definition) is 1. The first-order valence-electron chi connectivity index (χ1n) is 7.16. The summed E-state index contributed by atoms with van der Waals surface area (Å²) in [4.78, 5) is 0. The lowest BCUT2D eigenvalue weighted by Crippen LogP contribution is -2.31. The molecule has 94 valence electrons. The van der Waals surface area contributed by atoms with Crippen molar-refractivity contribution in [1.82, 2.24) is 0 Å². The molecular weight excluding hydrogens is 200 g/mol. The lowest BCUT2D eigenvalue weighted by atomic mass is 9.96. The summed E-state index contributed by atoms with van der Waals surface area (Å²) in [5.41, 5.74) is 0. The van der Waals surface area contributed by atoms with E-state index in [4.69, 9.17) is 4.74 Å². The summed E-state index contributed by atoms with van der Waals surface area (Å²) in [7, 11) is 0. The fraction of sp³-hybridized carbons (Fsp3) is 1.00. The van der Waals surface area contributed by atoms with E-state index >= 15 is 0 Å². The smallest absolute Gasteiger partial charge is 0.0834 e. The molecule has 2 unspecified atom stereocenters. The average molecular weight is 226 g/mol. The summed E-state index contributed by atoms with van der Waals surface area (Å²) >= 11 is 0. The Kier molecular flexibility index (Phi) is 5.11. The predicted molar refractivity (Wildman–Crippen MR) is 65.4 cm³/mol. The zero-order valence-corrected chi connectivity index (χ0v) is 10.4. The van der Waals surface area contributed by atoms with Crippen LogP contribution in [0.4, 0.5) is 0 Å². The Morgan fingerprint density at radius 1 is 0.812 bits per heavy atom. The van der Waals surface area contributed by atoms with Gasteiger partial charge in [-0.25, -0.2) is 0 Å². The van der Waals surface area contributed by atoms with Crippen molar-refractivity contribution in [3.8, 4) is 0 Å². The first kappa shape index (κ1) is 12.4. The van der Waals surface area contributed by atoms with Crippen LogP contribution >= 0.6 is 0 Å². The number of rotatable bonds is 3. The van der Waals surface area contributed by atoms with E-state index in [1.807, 2.05) is 0 Å². The molecule has 16 heavy (non-hydrogen) atoms. The van der Waals surface area contributed by atoms with Gasteiger partial charge < -0.3 is 9.84 Å². The lowest BCUT2D eigenvalue weighted by molar-refractivity contribution is -0.0597. The van der Waals surface area contributed by atoms with E-state index in [0.29, 0.717) is 0 Å². The first-order chi connectivity index (χ1) is 7.86. The normalized spacial score (nSPS) is 33.6. The Morgan fingerprint density at radius 2 is 1.44 bits per heavy atom. The second-order valence-corrected chi connectivity index (χ2v) is 5.58. The van der Waals surface area contributed by atoms with Crippen molar-refractivity contribution in [2.75, 3.05) is 6.61 Å². The van der Waals surface area contributed by atoms with Gasteiger partial charge in [0.15, 0.2) is 0 Å². The van der Waals surface area contributed by atoms with Gasteiger partial charge in [-0.15, -0.1) is 0 Å². The minimum Gasteiger partial charge on any atom is -0.390 e. The number of ether oxygens (including phenoxy) is 1. The monoisotopic (exact) mass is 226 g/mol. The second kappa shape index (κ2) is 6.61. The van der Waals surface area contributed by atoms with E-state index in [-0.39, 0.29) is 12.2 Å². The van der Waals surface area contributed by atoms with Crippen molar-refractivity contribution in [2.45, 2.75) is 76.4 Å². The first-order valence-corrected chi connectivity index (χ1v) is 7.16. The highest BCUT2D eigenvalue weighted by molar-refractivity contribution is 4.74. The molecule has 2 saturated carbocycles. The number of hydrogen-bond acceptors (Lipinski definition) is 2. The molecule has 1 N–H and O–H groups in total. The van der Waals surface area contributed by atoms with E-state index in [9.17, 15) is 5.11 Å². The lowest BCUT2D eigenvalue weighted by Gasteiger charge is -2.26. The Balaban J connectivity index is 1.71. The number of aliphatic hydroxyl groups is 1. The third-order valence-corrected chi connectivity index (χ3v) is 4.19. The fourth-order valence-electron chi connectivity index (χ4n) is 3.06. The molecule has 0 radical (unpaired) electrons. The van der Waals surface area contributed by atoms with Crippen molar-refractivity contribution < 1.29 is 9.84 Å². The molecule has 0 bridgehead atoms. The average Bonchev–Trinajstić information content (AvgIpc) is 2.76. The summed E-state index contributed by atoms with van der Waals surface area (Å²) in [5.74, 6) is 0.776. The van der Waals surface area contributed by atoms with Crippen molar-refractivity contribution in [1.29, 1.82) is 0 Å². The third kappa shape index (κ3) is 3.74. The van der Waals surface area contributed by atoms with Crippen LogP contribution in [0.1, 0.15) is 64.2 Å². The molecule has 0 heterocycles. The van der Waals surface area contributed by atoms with Crippen molar-refractivity contribution >= 4 is 0 Å². The molecule has 2 nitrogen and oxygen atoms in total. The van der Waals surface area contributed by atoms with E-state index in [0.717, 1.165) is 25.4 Å². The standard InChI is InChI=1S/C14H26O2/c15-13-9-3-1-2-4-10-14(13)16-11-12-7-5-6-8-12/h12-15H,1-11H2. The van der Waals surface area contributed by atoms with Crippen LogP contribution in [-0.4, -0.2) is 23.9 Å². The van der Waals surface area contributed by atoms with Crippen molar-refractivity contribution in [3.05, 3.63) is 0 Å². The fourth-order valence-corrected chi connectivity index (χ4v) is 3.06. The van der Waals surface area contributed by atoms with E-state index in [1.54, 1.807) is 0 Å². The molecule has 0 aromatic rings. The predicted octanol–water partition coefficient (Wildman–Crippen LogP) is 3.28. The maximum absolute atomic E-state index is 10.0. The van der Waals surface area contributed by atoms with Crippen LogP contribution in [0.3, 0.4) is 0 Å². The van der Waals surface area contributed by atoms with Crippen LogP contribution < -0.4 is 0 Å². The quantitative estimate of drug-likeness (QED) is 0.800. The van der Waals surface area contributed by atoms with Gasteiger partial charge in [-0.1, -0.05) is 38.5 Å². The van der Waals surface area contributed by atoms with Gasteiger partial charge in [0, 0.05) is 6.61 Å². The zero-order valence-electron chi connectivity index (χ0n) is 10.4. The largest absolute Gasteiger partial charge is 0.390 e. The molecule has 0 aromatic carbocycles. The van der Waals surface area contributed by atoms with E-state index in [1.165, 1.54) is 51.4 Å². The molecule has 0 amide bonds. The summed E-state index contributed by atoms with van der Waals surface area (Å²) in [6.45, 7) is 0.891. The molecule has 0 spiro atoms. The molecule has 2 fully saturated rings. The van der Waals surface area contributed by atoms with Gasteiger partial charge in [-0.2, -0.15) is 0 Å². The minimum atomic E-state index is -0.207. The molecule has 2 atom stereocenters. The van der Waals surface area contributed by atoms with Crippen LogP contribution in [0, 0.1) is 5.92 Å². The van der Waals surface area contributed by atoms with Gasteiger partial charge in [0.1, 0.15) is 0 Å². The SMILES string of the molecule is OC1CCCCCCC1OCC1CCCC1. The maximum atomic E-state index is 10.0. The van der Waals surface area contributed by atoms with Crippen LogP contribution in [0.2, 0.25) is 0 Å². The van der Waals surface area contributed by atoms with Crippen LogP contribution in [-0.2, 0) is 4.74 Å². The maximum Gasteiger partial charge on any atom is 0.0834 e. The van der Waals surface area contributed by atoms with Gasteiger partial charge in [0.2, 0.25) is 0 Å². The number of aliphatic hydroxyl groups excluding tert-OH is 1. The molecule has 2 rings (SSSR count). The van der Waals surface area contributed by atoms with Gasteiger partial charge >= 0.3 is 0 Å². The Hall–Kier alpha value is -0.0800. The van der Waals surface area contributed by atoms with Gasteiger partial charge in [-0.05, 0) is 31.6 Å². The van der Waals surface area contributed by atoms with Gasteiger partial charge in [-0.3, -0.25) is 0 Å². The topological polar surface area (TPSA) is 29.5 Å². The zero-order chi connectivity index (χ0) is 11.2. The van der Waals surface area contributed by atoms with Crippen LogP contribution in [0.15, 0.2) is 0 Å². The highest BCUT2D eigenvalue weighted by Gasteiger charge is 2.23. The molecular formula is C14H26O2. The molecule has 2 aliphatic rings. The minimum absolute atomic E-state index is 0.126. The highest BCUT2D eigenvalue weighted by Crippen LogP contribution is 2.27. The molecule has 0 saturated heterocycles. The highest BCUT2D eigenvalue weighted by atomic mass is 16.5. The summed E-state index contributed by atoms with van der Waals surface area (Å²) in [6.07, 6.45) is 12.3. The molecule has 2 aliphatic carbocycles. The van der Waals surface area contributed by atoms with E-state index in [2.05, 4.69) is 0 Å². The summed E-state index contributed by atoms with van der Waals surface area (Å²) in [5, 5.41) is 10.0. The van der Waals surface area contributed by atoms with Crippen molar-refractivity contribution in [2.24, 2.45) is 5.92 Å². The summed E-state index contributed by atoms with van der Waals surface area (Å²) < 4.78 is 5.96. The van der Waals surface area contributed by atoms with Crippen LogP contribution in [0.5, 0.6) is 0 Å². The molecule has 0 aromatic heterocycles. The molecule has 2 heteroatoms.